The molecule has 1 saturated heterocycles. The maximum Gasteiger partial charge on any atom is 0.0491 e. The van der Waals surface area contributed by atoms with E-state index in [1.807, 2.05) is 0 Å². The number of rotatable bonds is 4. The molecular weight excluding hydrogens is 396 g/mol. The molecule has 0 amide bonds. The van der Waals surface area contributed by atoms with E-state index in [-0.39, 0.29) is 0 Å². The van der Waals surface area contributed by atoms with Gasteiger partial charge in [0.05, 0.1) is 0 Å². The summed E-state index contributed by atoms with van der Waals surface area (Å²) in [7, 11) is 0. The molecule has 2 aromatic carbocycles. The van der Waals surface area contributed by atoms with E-state index < -0.39 is 0 Å². The SMILES string of the molecule is C/C=c1\c(=C/CC)c2cc(CN3CCC4(CC3)SCc3ccccc34)ccc2n1CC. The Morgan fingerprint density at radius 2 is 1.87 bits per heavy atom. The molecule has 0 bridgehead atoms. The van der Waals surface area contributed by atoms with Gasteiger partial charge in [0, 0.05) is 58.1 Å². The van der Waals surface area contributed by atoms with Gasteiger partial charge >= 0.3 is 0 Å². The van der Waals surface area contributed by atoms with Crippen LogP contribution in [-0.2, 0) is 23.6 Å². The molecule has 3 heteroatoms. The van der Waals surface area contributed by atoms with Crippen molar-refractivity contribution in [2.24, 2.45) is 0 Å². The molecule has 5 rings (SSSR count). The molecule has 1 fully saturated rings. The molecule has 162 valence electrons. The molecule has 0 atom stereocenters. The average Bonchev–Trinajstić information content (AvgIpc) is 3.31. The number of likely N-dealkylation sites (tertiary alicyclic amines) is 1. The van der Waals surface area contributed by atoms with Crippen LogP contribution < -0.4 is 10.6 Å². The fraction of sp³-hybridized carbons (Fsp3) is 0.429. The first-order valence-electron chi connectivity index (χ1n) is 11.9. The Hall–Kier alpha value is -1.97. The summed E-state index contributed by atoms with van der Waals surface area (Å²) in [6.07, 6.45) is 8.28. The van der Waals surface area contributed by atoms with Gasteiger partial charge in [-0.25, -0.2) is 0 Å². The number of hydrogen-bond acceptors (Lipinski definition) is 2. The van der Waals surface area contributed by atoms with E-state index in [2.05, 4.69) is 96.6 Å². The first-order valence-corrected chi connectivity index (χ1v) is 12.9. The molecule has 0 saturated carbocycles. The number of hydrogen-bond donors (Lipinski definition) is 0. The molecule has 0 aliphatic carbocycles. The standard InChI is InChI=1S/C28H34N2S/c1-4-9-23-24-18-21(12-13-27(24)30(6-3)26(23)5-2)19-29-16-14-28(15-17-29)25-11-8-7-10-22(25)20-31-28/h5,7-13,18H,4,6,14-17,19-20H2,1-3H3/b23-9-,26-5+. The third kappa shape index (κ3) is 3.56. The largest absolute Gasteiger partial charge is 0.341 e. The van der Waals surface area contributed by atoms with Crippen molar-refractivity contribution in [3.05, 3.63) is 69.7 Å². The molecule has 0 unspecified atom stereocenters. The van der Waals surface area contributed by atoms with Crippen molar-refractivity contribution < 1.29 is 0 Å². The second-order valence-corrected chi connectivity index (χ2v) is 10.4. The smallest absolute Gasteiger partial charge is 0.0491 e. The Labute approximate surface area is 190 Å². The van der Waals surface area contributed by atoms with Crippen LogP contribution in [0.15, 0.2) is 42.5 Å². The second-order valence-electron chi connectivity index (χ2n) is 9.01. The van der Waals surface area contributed by atoms with E-state index in [0.717, 1.165) is 19.5 Å². The molecular formula is C28H34N2S. The highest BCUT2D eigenvalue weighted by Gasteiger charge is 2.41. The fourth-order valence-electron chi connectivity index (χ4n) is 5.74. The normalized spacial score (nSPS) is 19.6. The predicted octanol–water partition coefficient (Wildman–Crippen LogP) is 5.39. The van der Waals surface area contributed by atoms with E-state index in [9.17, 15) is 0 Å². The highest BCUT2D eigenvalue weighted by molar-refractivity contribution is 7.99. The zero-order valence-electron chi connectivity index (χ0n) is 19.2. The summed E-state index contributed by atoms with van der Waals surface area (Å²) in [6.45, 7) is 11.1. The quantitative estimate of drug-likeness (QED) is 0.548. The molecule has 0 radical (unpaired) electrons. The van der Waals surface area contributed by atoms with Crippen molar-refractivity contribution in [1.29, 1.82) is 0 Å². The lowest BCUT2D eigenvalue weighted by Crippen LogP contribution is -2.39. The second kappa shape index (κ2) is 8.52. The lowest BCUT2D eigenvalue weighted by Gasteiger charge is -2.39. The lowest BCUT2D eigenvalue weighted by atomic mass is 9.86. The summed E-state index contributed by atoms with van der Waals surface area (Å²) < 4.78 is 2.82. The van der Waals surface area contributed by atoms with Crippen LogP contribution >= 0.6 is 11.8 Å². The summed E-state index contributed by atoms with van der Waals surface area (Å²) >= 11 is 2.18. The van der Waals surface area contributed by atoms with Gasteiger partial charge in [0.25, 0.3) is 0 Å². The molecule has 31 heavy (non-hydrogen) atoms. The Kier molecular flexibility index (Phi) is 5.75. The summed E-state index contributed by atoms with van der Waals surface area (Å²) in [5.41, 5.74) is 6.00. The number of aromatic nitrogens is 1. The molecule has 1 spiro atoms. The Morgan fingerprint density at radius 3 is 2.61 bits per heavy atom. The van der Waals surface area contributed by atoms with Crippen LogP contribution in [-0.4, -0.2) is 22.6 Å². The minimum absolute atomic E-state index is 0.366. The van der Waals surface area contributed by atoms with E-state index in [4.69, 9.17) is 0 Å². The Balaban J connectivity index is 1.39. The predicted molar refractivity (Wildman–Crippen MR) is 136 cm³/mol. The third-order valence-corrected chi connectivity index (χ3v) is 8.92. The number of fused-ring (bicyclic) bond motifs is 3. The van der Waals surface area contributed by atoms with E-state index in [1.165, 1.54) is 58.7 Å². The number of benzene rings is 2. The van der Waals surface area contributed by atoms with Gasteiger partial charge in [-0.15, -0.1) is 11.8 Å². The molecule has 3 aromatic rings. The van der Waals surface area contributed by atoms with Crippen LogP contribution in [0.25, 0.3) is 23.1 Å². The van der Waals surface area contributed by atoms with Crippen LogP contribution in [0.3, 0.4) is 0 Å². The van der Waals surface area contributed by atoms with Gasteiger partial charge in [-0.3, -0.25) is 4.90 Å². The number of piperidine rings is 1. The fourth-order valence-corrected chi connectivity index (χ4v) is 7.25. The van der Waals surface area contributed by atoms with Crippen molar-refractivity contribution in [3.63, 3.8) is 0 Å². The van der Waals surface area contributed by atoms with Gasteiger partial charge in [0.2, 0.25) is 0 Å². The van der Waals surface area contributed by atoms with Crippen LogP contribution in [0.1, 0.15) is 56.7 Å². The lowest BCUT2D eigenvalue weighted by molar-refractivity contribution is 0.194. The average molecular weight is 431 g/mol. The van der Waals surface area contributed by atoms with Gasteiger partial charge in [-0.05, 0) is 61.9 Å². The minimum atomic E-state index is 0.366. The van der Waals surface area contributed by atoms with Crippen molar-refractivity contribution in [3.8, 4) is 0 Å². The first-order chi connectivity index (χ1) is 15.2. The molecule has 2 aliphatic rings. The summed E-state index contributed by atoms with van der Waals surface area (Å²) in [4.78, 5) is 2.67. The number of aryl methyl sites for hydroxylation is 1. The Bertz CT molecular complexity index is 1210. The van der Waals surface area contributed by atoms with Crippen molar-refractivity contribution >= 4 is 34.8 Å². The molecule has 2 nitrogen and oxygen atoms in total. The van der Waals surface area contributed by atoms with E-state index in [1.54, 1.807) is 11.1 Å². The zero-order chi connectivity index (χ0) is 21.4. The van der Waals surface area contributed by atoms with Gasteiger partial charge in [0.1, 0.15) is 0 Å². The van der Waals surface area contributed by atoms with Crippen molar-refractivity contribution in [2.75, 3.05) is 13.1 Å². The van der Waals surface area contributed by atoms with Crippen LogP contribution in [0.2, 0.25) is 0 Å². The van der Waals surface area contributed by atoms with E-state index >= 15 is 0 Å². The summed E-state index contributed by atoms with van der Waals surface area (Å²) in [6, 6.07) is 16.3. The van der Waals surface area contributed by atoms with Gasteiger partial charge < -0.3 is 4.57 Å². The Morgan fingerprint density at radius 1 is 1.06 bits per heavy atom. The van der Waals surface area contributed by atoms with Gasteiger partial charge in [-0.2, -0.15) is 0 Å². The minimum Gasteiger partial charge on any atom is -0.341 e. The molecule has 3 heterocycles. The van der Waals surface area contributed by atoms with Gasteiger partial charge in [0.15, 0.2) is 0 Å². The monoisotopic (exact) mass is 430 g/mol. The van der Waals surface area contributed by atoms with Crippen molar-refractivity contribution in [2.45, 2.75) is 63.6 Å². The topological polar surface area (TPSA) is 8.17 Å². The third-order valence-electron chi connectivity index (χ3n) is 7.29. The highest BCUT2D eigenvalue weighted by Crippen LogP contribution is 2.53. The molecule has 0 N–H and O–H groups in total. The molecule has 1 aromatic heterocycles. The zero-order valence-corrected chi connectivity index (χ0v) is 20.0. The summed E-state index contributed by atoms with van der Waals surface area (Å²) in [5.74, 6) is 1.19. The van der Waals surface area contributed by atoms with Crippen molar-refractivity contribution in [1.82, 2.24) is 9.47 Å². The summed E-state index contributed by atoms with van der Waals surface area (Å²) in [5, 5.41) is 4.21. The maximum atomic E-state index is 2.67. The first kappa shape index (κ1) is 20.9. The molecule has 2 aliphatic heterocycles. The van der Waals surface area contributed by atoms with Crippen LogP contribution in [0, 0.1) is 0 Å². The maximum absolute atomic E-state index is 2.67. The van der Waals surface area contributed by atoms with Crippen LogP contribution in [0.4, 0.5) is 0 Å². The van der Waals surface area contributed by atoms with E-state index in [0.29, 0.717) is 4.75 Å². The number of thioether (sulfide) groups is 1. The van der Waals surface area contributed by atoms with Gasteiger partial charge in [-0.1, -0.05) is 49.4 Å². The van der Waals surface area contributed by atoms with Crippen LogP contribution in [0.5, 0.6) is 0 Å². The number of nitrogens with zero attached hydrogens (tertiary/aromatic N) is 2. The highest BCUT2D eigenvalue weighted by atomic mass is 32.2.